The number of ether oxygens (including phenoxy) is 1. The van der Waals surface area contributed by atoms with E-state index in [9.17, 15) is 13.2 Å². The van der Waals surface area contributed by atoms with Crippen LogP contribution in [0.2, 0.25) is 0 Å². The first kappa shape index (κ1) is 16.3. The van der Waals surface area contributed by atoms with Crippen LogP contribution in [0.5, 0.6) is 5.75 Å². The Kier molecular flexibility index (Phi) is 6.09. The fourth-order valence-electron chi connectivity index (χ4n) is 1.75. The van der Waals surface area contributed by atoms with E-state index >= 15 is 0 Å². The second kappa shape index (κ2) is 7.12. The summed E-state index contributed by atoms with van der Waals surface area (Å²) in [5, 5.41) is 0. The van der Waals surface area contributed by atoms with Gasteiger partial charge in [0.25, 0.3) is 0 Å². The first-order valence-corrected chi connectivity index (χ1v) is 6.53. The number of rotatable bonds is 6. The smallest absolute Gasteiger partial charge is 0.389 e. The molecular weight excluding hydrogens is 325 g/mol. The average molecular weight is 341 g/mol. The average Bonchev–Trinajstić information content (AvgIpc) is 2.33. The van der Waals surface area contributed by atoms with Gasteiger partial charge in [-0.25, -0.2) is 0 Å². The summed E-state index contributed by atoms with van der Waals surface area (Å²) in [7, 11) is 1.54. The fourth-order valence-corrected chi connectivity index (χ4v) is 2.31. The van der Waals surface area contributed by atoms with Crippen molar-refractivity contribution < 1.29 is 17.9 Å². The van der Waals surface area contributed by atoms with Gasteiger partial charge in [0.15, 0.2) is 0 Å². The van der Waals surface area contributed by atoms with E-state index in [1.807, 2.05) is 0 Å². The van der Waals surface area contributed by atoms with Crippen LogP contribution in [0.1, 0.15) is 30.9 Å². The molecule has 0 aliphatic heterocycles. The summed E-state index contributed by atoms with van der Waals surface area (Å²) < 4.78 is 42.1. The lowest BCUT2D eigenvalue weighted by atomic mass is 10.0. The number of hydrogen-bond acceptors (Lipinski definition) is 3. The zero-order chi connectivity index (χ0) is 14.5. The van der Waals surface area contributed by atoms with Crippen molar-refractivity contribution in [2.75, 3.05) is 7.11 Å². The molecule has 0 spiro atoms. The lowest BCUT2D eigenvalue weighted by Crippen LogP contribution is -2.28. The number of hydrogen-bond donors (Lipinski definition) is 2. The van der Waals surface area contributed by atoms with E-state index in [2.05, 4.69) is 21.4 Å². The molecule has 0 fully saturated rings. The molecule has 1 atom stereocenters. The molecule has 0 saturated carbocycles. The maximum Gasteiger partial charge on any atom is 0.389 e. The number of nitrogens with one attached hydrogen (secondary N) is 1. The zero-order valence-electron chi connectivity index (χ0n) is 10.4. The number of alkyl halides is 3. The third kappa shape index (κ3) is 5.38. The lowest BCUT2D eigenvalue weighted by Gasteiger charge is -2.17. The number of halogens is 4. The Hall–Kier alpha value is -0.790. The predicted octanol–water partition coefficient (Wildman–Crippen LogP) is 3.69. The highest BCUT2D eigenvalue weighted by atomic mass is 79.9. The van der Waals surface area contributed by atoms with Crippen LogP contribution < -0.4 is 16.0 Å². The Morgan fingerprint density at radius 3 is 2.58 bits per heavy atom. The predicted molar refractivity (Wildman–Crippen MR) is 70.7 cm³/mol. The maximum absolute atomic E-state index is 12.1. The molecule has 0 aliphatic rings. The molecule has 19 heavy (non-hydrogen) atoms. The molecule has 1 unspecified atom stereocenters. The van der Waals surface area contributed by atoms with E-state index in [0.29, 0.717) is 12.2 Å². The van der Waals surface area contributed by atoms with Crippen molar-refractivity contribution in [3.05, 3.63) is 28.2 Å². The van der Waals surface area contributed by atoms with Gasteiger partial charge in [0.1, 0.15) is 5.75 Å². The van der Waals surface area contributed by atoms with Crippen LogP contribution >= 0.6 is 15.9 Å². The number of benzene rings is 1. The quantitative estimate of drug-likeness (QED) is 0.613. The molecule has 0 bridgehead atoms. The van der Waals surface area contributed by atoms with Crippen molar-refractivity contribution in [2.24, 2.45) is 5.84 Å². The highest BCUT2D eigenvalue weighted by Gasteiger charge is 2.26. The van der Waals surface area contributed by atoms with Gasteiger partial charge in [-0.15, -0.1) is 0 Å². The minimum Gasteiger partial charge on any atom is -0.496 e. The minimum atomic E-state index is -4.13. The van der Waals surface area contributed by atoms with E-state index in [1.165, 1.54) is 0 Å². The second-order valence-electron chi connectivity index (χ2n) is 4.12. The Morgan fingerprint density at radius 2 is 2.11 bits per heavy atom. The van der Waals surface area contributed by atoms with E-state index in [0.717, 1.165) is 10.0 Å². The van der Waals surface area contributed by atoms with Crippen LogP contribution in [0.25, 0.3) is 0 Å². The van der Waals surface area contributed by atoms with E-state index in [4.69, 9.17) is 10.6 Å². The molecule has 0 amide bonds. The molecule has 0 heterocycles. The SMILES string of the molecule is COc1ccc(C(CCCC(F)(F)F)NN)cc1Br. The monoisotopic (exact) mass is 340 g/mol. The Bertz CT molecular complexity index is 412. The topological polar surface area (TPSA) is 47.3 Å². The van der Waals surface area contributed by atoms with Crippen molar-refractivity contribution >= 4 is 15.9 Å². The van der Waals surface area contributed by atoms with E-state index in [-0.39, 0.29) is 12.5 Å². The van der Waals surface area contributed by atoms with Gasteiger partial charge in [-0.1, -0.05) is 6.07 Å². The summed E-state index contributed by atoms with van der Waals surface area (Å²) in [4.78, 5) is 0. The lowest BCUT2D eigenvalue weighted by molar-refractivity contribution is -0.135. The van der Waals surface area contributed by atoms with Crippen LogP contribution in [-0.2, 0) is 0 Å². The molecule has 1 aromatic carbocycles. The second-order valence-corrected chi connectivity index (χ2v) is 4.97. The summed E-state index contributed by atoms with van der Waals surface area (Å²) in [5.74, 6) is 6.06. The maximum atomic E-state index is 12.1. The van der Waals surface area contributed by atoms with Gasteiger partial charge in [0, 0.05) is 12.5 Å². The summed E-state index contributed by atoms with van der Waals surface area (Å²) in [6.07, 6.45) is -4.58. The van der Waals surface area contributed by atoms with Crippen LogP contribution in [0, 0.1) is 0 Å². The number of hydrazine groups is 1. The van der Waals surface area contributed by atoms with Crippen LogP contribution in [-0.4, -0.2) is 13.3 Å². The van der Waals surface area contributed by atoms with Crippen molar-refractivity contribution in [3.63, 3.8) is 0 Å². The van der Waals surface area contributed by atoms with Crippen molar-refractivity contribution in [1.29, 1.82) is 0 Å². The van der Waals surface area contributed by atoms with Gasteiger partial charge in [-0.05, 0) is 46.5 Å². The van der Waals surface area contributed by atoms with Gasteiger partial charge >= 0.3 is 6.18 Å². The van der Waals surface area contributed by atoms with Gasteiger partial charge in [-0.2, -0.15) is 13.2 Å². The summed E-state index contributed by atoms with van der Waals surface area (Å²) in [6, 6.07) is 5.00. The molecule has 0 saturated heterocycles. The molecule has 0 aromatic heterocycles. The van der Waals surface area contributed by atoms with Crippen molar-refractivity contribution in [3.8, 4) is 5.75 Å². The number of methoxy groups -OCH3 is 1. The molecule has 108 valence electrons. The zero-order valence-corrected chi connectivity index (χ0v) is 12.0. The Labute approximate surface area is 118 Å². The van der Waals surface area contributed by atoms with Crippen LogP contribution in [0.15, 0.2) is 22.7 Å². The van der Waals surface area contributed by atoms with Crippen molar-refractivity contribution in [2.45, 2.75) is 31.5 Å². The van der Waals surface area contributed by atoms with Crippen LogP contribution in [0.4, 0.5) is 13.2 Å². The largest absolute Gasteiger partial charge is 0.496 e. The van der Waals surface area contributed by atoms with Crippen LogP contribution in [0.3, 0.4) is 0 Å². The highest BCUT2D eigenvalue weighted by molar-refractivity contribution is 9.10. The Balaban J connectivity index is 2.67. The number of nitrogens with two attached hydrogens (primary N) is 1. The first-order chi connectivity index (χ1) is 8.87. The summed E-state index contributed by atoms with van der Waals surface area (Å²) >= 11 is 3.33. The normalized spacial score (nSPS) is 13.4. The summed E-state index contributed by atoms with van der Waals surface area (Å²) in [5.41, 5.74) is 3.36. The highest BCUT2D eigenvalue weighted by Crippen LogP contribution is 2.30. The third-order valence-corrected chi connectivity index (χ3v) is 3.35. The first-order valence-electron chi connectivity index (χ1n) is 5.73. The van der Waals surface area contributed by atoms with Gasteiger partial charge < -0.3 is 4.74 Å². The van der Waals surface area contributed by atoms with Gasteiger partial charge in [0.2, 0.25) is 0 Å². The molecule has 0 aliphatic carbocycles. The van der Waals surface area contributed by atoms with Crippen molar-refractivity contribution in [1.82, 2.24) is 5.43 Å². The molecule has 1 aromatic rings. The molecule has 3 N–H and O–H groups in total. The third-order valence-electron chi connectivity index (χ3n) is 2.73. The Morgan fingerprint density at radius 1 is 1.42 bits per heavy atom. The van der Waals surface area contributed by atoms with Gasteiger partial charge in [0.05, 0.1) is 11.6 Å². The molecule has 0 radical (unpaired) electrons. The fraction of sp³-hybridized carbons (Fsp3) is 0.500. The molecule has 1 rings (SSSR count). The molecule has 7 heteroatoms. The molecular formula is C12H16BrF3N2O. The molecule has 3 nitrogen and oxygen atoms in total. The summed E-state index contributed by atoms with van der Waals surface area (Å²) in [6.45, 7) is 0. The van der Waals surface area contributed by atoms with E-state index in [1.54, 1.807) is 25.3 Å². The standard InChI is InChI=1S/C12H16BrF3N2O/c1-19-11-5-4-8(7-9(11)13)10(18-17)3-2-6-12(14,15)16/h4-5,7,10,18H,2-3,6,17H2,1H3. The van der Waals surface area contributed by atoms with E-state index < -0.39 is 12.6 Å². The minimum absolute atomic E-state index is 0.0298. The van der Waals surface area contributed by atoms with Gasteiger partial charge in [-0.3, -0.25) is 11.3 Å².